The molecule has 0 saturated carbocycles. The molecule has 0 aliphatic rings. The van der Waals surface area contributed by atoms with Crippen LogP contribution in [-0.2, 0) is 0 Å². The number of nitrogens with one attached hydrogen (secondary N) is 2. The lowest BCUT2D eigenvalue weighted by Gasteiger charge is -2.25. The fraction of sp³-hybridized carbons (Fsp3) is 0.588. The number of anilines is 1. The van der Waals surface area contributed by atoms with Crippen molar-refractivity contribution in [1.82, 2.24) is 5.32 Å². The van der Waals surface area contributed by atoms with Crippen LogP contribution in [-0.4, -0.2) is 17.7 Å². The molecule has 21 heavy (non-hydrogen) atoms. The highest BCUT2D eigenvalue weighted by atomic mass is 16.3. The third-order valence-electron chi connectivity index (χ3n) is 3.84. The molecule has 0 radical (unpaired) electrons. The highest BCUT2D eigenvalue weighted by Gasteiger charge is 2.18. The molecule has 0 saturated heterocycles. The van der Waals surface area contributed by atoms with Gasteiger partial charge in [0.1, 0.15) is 0 Å². The molecule has 3 N–H and O–H groups in total. The summed E-state index contributed by atoms with van der Waals surface area (Å²) in [5.74, 6) is 1.52. The zero-order valence-corrected chi connectivity index (χ0v) is 13.7. The number of aliphatic hydroxyl groups excluding tert-OH is 1. The second kappa shape index (κ2) is 8.03. The highest BCUT2D eigenvalue weighted by Crippen LogP contribution is 2.20. The van der Waals surface area contributed by atoms with E-state index in [4.69, 9.17) is 0 Å². The fourth-order valence-corrected chi connectivity index (χ4v) is 2.50. The van der Waals surface area contributed by atoms with E-state index >= 15 is 0 Å². The van der Waals surface area contributed by atoms with E-state index < -0.39 is 6.10 Å². The number of hydrogen-bond donors (Lipinski definition) is 3. The highest BCUT2D eigenvalue weighted by molar-refractivity contribution is 5.89. The summed E-state index contributed by atoms with van der Waals surface area (Å²) < 4.78 is 0. The first kappa shape index (κ1) is 17.5. The van der Waals surface area contributed by atoms with Gasteiger partial charge in [0.15, 0.2) is 0 Å². The zero-order chi connectivity index (χ0) is 16.0. The van der Waals surface area contributed by atoms with Crippen LogP contribution in [0.3, 0.4) is 0 Å². The average molecular weight is 292 g/mol. The van der Waals surface area contributed by atoms with Gasteiger partial charge in [-0.1, -0.05) is 39.8 Å². The summed E-state index contributed by atoms with van der Waals surface area (Å²) in [6.45, 7) is 11.1. The van der Waals surface area contributed by atoms with Crippen molar-refractivity contribution >= 4 is 11.7 Å². The molecule has 1 atom stereocenters. The van der Waals surface area contributed by atoms with E-state index in [9.17, 15) is 9.90 Å². The van der Waals surface area contributed by atoms with E-state index in [1.54, 1.807) is 13.0 Å². The van der Waals surface area contributed by atoms with Crippen molar-refractivity contribution in [3.63, 3.8) is 0 Å². The van der Waals surface area contributed by atoms with Gasteiger partial charge in [-0.05, 0) is 42.4 Å². The number of carbonyl (C=O) groups is 1. The van der Waals surface area contributed by atoms with E-state index in [0.29, 0.717) is 30.0 Å². The molecular weight excluding hydrogens is 264 g/mol. The largest absolute Gasteiger partial charge is 0.389 e. The second-order valence-electron chi connectivity index (χ2n) is 6.29. The minimum absolute atomic E-state index is 0.205. The summed E-state index contributed by atoms with van der Waals surface area (Å²) in [6, 6.07) is 7.05. The maximum atomic E-state index is 12.0. The van der Waals surface area contributed by atoms with Crippen LogP contribution < -0.4 is 10.6 Å². The number of urea groups is 1. The van der Waals surface area contributed by atoms with Gasteiger partial charge < -0.3 is 15.7 Å². The van der Waals surface area contributed by atoms with E-state index in [1.807, 2.05) is 18.2 Å². The van der Waals surface area contributed by atoms with Gasteiger partial charge in [0.25, 0.3) is 0 Å². The van der Waals surface area contributed by atoms with Crippen LogP contribution in [0.2, 0.25) is 0 Å². The normalized spacial score (nSPS) is 12.8. The van der Waals surface area contributed by atoms with E-state index in [-0.39, 0.29) is 6.03 Å². The number of hydrogen-bond acceptors (Lipinski definition) is 2. The average Bonchev–Trinajstić information content (AvgIpc) is 2.38. The van der Waals surface area contributed by atoms with Gasteiger partial charge in [0.2, 0.25) is 0 Å². The van der Waals surface area contributed by atoms with E-state index in [1.165, 1.54) is 0 Å². The predicted octanol–water partition coefficient (Wildman–Crippen LogP) is 3.79. The van der Waals surface area contributed by atoms with Crippen LogP contribution in [0.15, 0.2) is 24.3 Å². The minimum Gasteiger partial charge on any atom is -0.389 e. The molecule has 0 fully saturated rings. The maximum absolute atomic E-state index is 12.0. The Morgan fingerprint density at radius 1 is 1.14 bits per heavy atom. The molecule has 4 heteroatoms. The standard InChI is InChI=1S/C17H28N2O2/c1-11(2)16(12(3)4)10-18-17(21)19-15-8-6-7-14(9-15)13(5)20/h6-9,11-13,16,20H,10H2,1-5H3,(H2,18,19,21). The first-order valence-electron chi connectivity index (χ1n) is 7.64. The molecule has 0 heterocycles. The number of rotatable bonds is 6. The molecule has 0 aliphatic carbocycles. The summed E-state index contributed by atoms with van der Waals surface area (Å²) >= 11 is 0. The van der Waals surface area contributed by atoms with Gasteiger partial charge in [0.05, 0.1) is 6.10 Å². The van der Waals surface area contributed by atoms with Crippen LogP contribution in [0.25, 0.3) is 0 Å². The molecule has 0 aliphatic heterocycles. The van der Waals surface area contributed by atoms with Crippen LogP contribution in [0.4, 0.5) is 10.5 Å². The third-order valence-corrected chi connectivity index (χ3v) is 3.84. The van der Waals surface area contributed by atoms with Gasteiger partial charge in [-0.15, -0.1) is 0 Å². The van der Waals surface area contributed by atoms with Gasteiger partial charge in [0, 0.05) is 12.2 Å². The van der Waals surface area contributed by atoms with Crippen molar-refractivity contribution in [1.29, 1.82) is 0 Å². The number of aliphatic hydroxyl groups is 1. The molecule has 0 spiro atoms. The van der Waals surface area contributed by atoms with Crippen molar-refractivity contribution < 1.29 is 9.90 Å². The Morgan fingerprint density at radius 3 is 2.29 bits per heavy atom. The first-order chi connectivity index (χ1) is 9.81. The Hall–Kier alpha value is -1.55. The summed E-state index contributed by atoms with van der Waals surface area (Å²) in [6.07, 6.45) is -0.541. The van der Waals surface area contributed by atoms with E-state index in [0.717, 1.165) is 5.56 Å². The Kier molecular flexibility index (Phi) is 6.69. The Balaban J connectivity index is 2.56. The van der Waals surface area contributed by atoms with Crippen LogP contribution in [0.5, 0.6) is 0 Å². The Bertz CT molecular complexity index is 448. The van der Waals surface area contributed by atoms with Crippen LogP contribution in [0, 0.1) is 17.8 Å². The maximum Gasteiger partial charge on any atom is 0.319 e. The van der Waals surface area contributed by atoms with Gasteiger partial charge in [-0.3, -0.25) is 0 Å². The Labute approximate surface area is 128 Å². The quantitative estimate of drug-likeness (QED) is 0.747. The summed E-state index contributed by atoms with van der Waals surface area (Å²) in [4.78, 5) is 12.0. The summed E-state index contributed by atoms with van der Waals surface area (Å²) in [7, 11) is 0. The molecule has 0 aromatic heterocycles. The molecule has 2 amide bonds. The summed E-state index contributed by atoms with van der Waals surface area (Å²) in [5.41, 5.74) is 1.48. The molecular formula is C17H28N2O2. The first-order valence-corrected chi connectivity index (χ1v) is 7.64. The number of amides is 2. The van der Waals surface area contributed by atoms with Crippen molar-refractivity contribution in [2.24, 2.45) is 17.8 Å². The number of benzene rings is 1. The lowest BCUT2D eigenvalue weighted by atomic mass is 9.85. The predicted molar refractivity (Wildman–Crippen MR) is 87.3 cm³/mol. The smallest absolute Gasteiger partial charge is 0.319 e. The molecule has 0 bridgehead atoms. The fourth-order valence-electron chi connectivity index (χ4n) is 2.50. The lowest BCUT2D eigenvalue weighted by molar-refractivity contribution is 0.199. The van der Waals surface area contributed by atoms with E-state index in [2.05, 4.69) is 38.3 Å². The zero-order valence-electron chi connectivity index (χ0n) is 13.7. The van der Waals surface area contributed by atoms with Crippen LogP contribution >= 0.6 is 0 Å². The minimum atomic E-state index is -0.541. The SMILES string of the molecule is CC(O)c1cccc(NC(=O)NCC(C(C)C)C(C)C)c1. The molecule has 118 valence electrons. The monoisotopic (exact) mass is 292 g/mol. The van der Waals surface area contributed by atoms with Crippen molar-refractivity contribution in [2.75, 3.05) is 11.9 Å². The van der Waals surface area contributed by atoms with Crippen molar-refractivity contribution in [3.05, 3.63) is 29.8 Å². The molecule has 4 nitrogen and oxygen atoms in total. The lowest BCUT2D eigenvalue weighted by Crippen LogP contribution is -2.36. The third kappa shape index (κ3) is 5.76. The number of carbonyl (C=O) groups excluding carboxylic acids is 1. The molecule has 1 aromatic rings. The van der Waals surface area contributed by atoms with Gasteiger partial charge >= 0.3 is 6.03 Å². The van der Waals surface area contributed by atoms with Crippen molar-refractivity contribution in [3.8, 4) is 0 Å². The van der Waals surface area contributed by atoms with Gasteiger partial charge in [-0.25, -0.2) is 4.79 Å². The Morgan fingerprint density at radius 2 is 1.76 bits per heavy atom. The van der Waals surface area contributed by atoms with Gasteiger partial charge in [-0.2, -0.15) is 0 Å². The summed E-state index contributed by atoms with van der Waals surface area (Å²) in [5, 5.41) is 15.3. The molecule has 1 rings (SSSR count). The molecule has 1 aromatic carbocycles. The van der Waals surface area contributed by atoms with Crippen molar-refractivity contribution in [2.45, 2.75) is 40.7 Å². The van der Waals surface area contributed by atoms with Crippen LogP contribution in [0.1, 0.15) is 46.3 Å². The topological polar surface area (TPSA) is 61.4 Å². The molecule has 1 unspecified atom stereocenters. The second-order valence-corrected chi connectivity index (χ2v) is 6.29.